The Labute approximate surface area is 94.8 Å². The van der Waals surface area contributed by atoms with Gasteiger partial charge in [0.05, 0.1) is 6.10 Å². The molecular weight excluding hydrogens is 202 g/mol. The van der Waals surface area contributed by atoms with Crippen LogP contribution in [0.1, 0.15) is 11.1 Å². The summed E-state index contributed by atoms with van der Waals surface area (Å²) < 4.78 is 0. The summed E-state index contributed by atoms with van der Waals surface area (Å²) in [6.07, 6.45) is 1.50. The van der Waals surface area contributed by atoms with E-state index >= 15 is 0 Å². The Hall–Kier alpha value is -1.61. The maximum Gasteiger partial charge on any atom is 0.211 e. The van der Waals surface area contributed by atoms with E-state index in [2.05, 4.69) is 18.0 Å². The Morgan fingerprint density at radius 3 is 2.62 bits per heavy atom. The Bertz CT molecular complexity index is 414. The summed E-state index contributed by atoms with van der Waals surface area (Å²) in [5.74, 6) is -0.0832. The Kier molecular flexibility index (Phi) is 3.06. The number of rotatable bonds is 3. The fourth-order valence-electron chi connectivity index (χ4n) is 2.23. The van der Waals surface area contributed by atoms with Gasteiger partial charge in [-0.3, -0.25) is 4.79 Å². The summed E-state index contributed by atoms with van der Waals surface area (Å²) in [6.45, 7) is 3.79. The van der Waals surface area contributed by atoms with Gasteiger partial charge in [0.15, 0.2) is 0 Å². The lowest BCUT2D eigenvalue weighted by molar-refractivity contribution is -0.109. The van der Waals surface area contributed by atoms with Crippen molar-refractivity contribution in [2.75, 3.05) is 0 Å². The molecule has 1 amide bonds. The first-order chi connectivity index (χ1) is 7.72. The quantitative estimate of drug-likeness (QED) is 0.743. The van der Waals surface area contributed by atoms with Crippen LogP contribution < -0.4 is 5.32 Å². The number of aliphatic hydroxyl groups is 1. The van der Waals surface area contributed by atoms with Crippen molar-refractivity contribution in [1.29, 1.82) is 0 Å². The van der Waals surface area contributed by atoms with Gasteiger partial charge in [0, 0.05) is 11.6 Å². The molecule has 0 radical (unpaired) electrons. The summed E-state index contributed by atoms with van der Waals surface area (Å²) in [4.78, 5) is 10.4. The van der Waals surface area contributed by atoms with Crippen molar-refractivity contribution in [2.45, 2.75) is 18.9 Å². The molecule has 0 saturated carbocycles. The number of carbonyl (C=O) groups excluding carboxylic acids is 1. The molecule has 1 aromatic rings. The van der Waals surface area contributed by atoms with E-state index in [1.54, 1.807) is 0 Å². The zero-order valence-electron chi connectivity index (χ0n) is 9.02. The summed E-state index contributed by atoms with van der Waals surface area (Å²) in [7, 11) is 0. The van der Waals surface area contributed by atoms with Crippen LogP contribution in [-0.4, -0.2) is 17.6 Å². The minimum absolute atomic E-state index is 0.0832. The maximum absolute atomic E-state index is 10.4. The lowest BCUT2D eigenvalue weighted by Crippen LogP contribution is -2.35. The standard InChI is InChI=1S/C13H15NO2/c1-9(14-8-15)12-6-10-4-2-3-5-11(10)7-13(12)16/h2-5,8,12-13,16H,1,6-7H2,(H,14,15). The Balaban J connectivity index is 2.21. The minimum Gasteiger partial charge on any atom is -0.392 e. The average molecular weight is 217 g/mol. The molecule has 3 nitrogen and oxygen atoms in total. The fraction of sp³-hybridized carbons (Fsp3) is 0.308. The lowest BCUT2D eigenvalue weighted by atomic mass is 9.80. The van der Waals surface area contributed by atoms with Crippen LogP contribution in [0.25, 0.3) is 0 Å². The first-order valence-electron chi connectivity index (χ1n) is 5.36. The van der Waals surface area contributed by atoms with Gasteiger partial charge >= 0.3 is 0 Å². The van der Waals surface area contributed by atoms with Crippen LogP contribution in [0.2, 0.25) is 0 Å². The summed E-state index contributed by atoms with van der Waals surface area (Å²) in [5, 5.41) is 12.5. The molecule has 2 rings (SSSR count). The molecule has 0 spiro atoms. The third-order valence-corrected chi connectivity index (χ3v) is 3.14. The van der Waals surface area contributed by atoms with E-state index < -0.39 is 6.10 Å². The molecule has 0 aliphatic heterocycles. The molecule has 84 valence electrons. The molecule has 3 heteroatoms. The van der Waals surface area contributed by atoms with Crippen LogP contribution in [-0.2, 0) is 17.6 Å². The molecule has 2 unspecified atom stereocenters. The highest BCUT2D eigenvalue weighted by Gasteiger charge is 2.28. The summed E-state index contributed by atoms with van der Waals surface area (Å²) >= 11 is 0. The van der Waals surface area contributed by atoms with Crippen LogP contribution in [0.5, 0.6) is 0 Å². The number of fused-ring (bicyclic) bond motifs is 1. The molecule has 0 aromatic heterocycles. The van der Waals surface area contributed by atoms with Gasteiger partial charge < -0.3 is 10.4 Å². The van der Waals surface area contributed by atoms with E-state index in [0.29, 0.717) is 18.5 Å². The zero-order valence-corrected chi connectivity index (χ0v) is 9.02. The predicted octanol–water partition coefficient (Wildman–Crippen LogP) is 1.02. The van der Waals surface area contributed by atoms with Crippen LogP contribution >= 0.6 is 0 Å². The number of hydrogen-bond acceptors (Lipinski definition) is 2. The maximum atomic E-state index is 10.4. The molecular formula is C13H15NO2. The van der Waals surface area contributed by atoms with Gasteiger partial charge in [0.1, 0.15) is 0 Å². The highest BCUT2D eigenvalue weighted by molar-refractivity contribution is 5.50. The third-order valence-electron chi connectivity index (χ3n) is 3.14. The number of nitrogens with one attached hydrogen (secondary N) is 1. The molecule has 0 saturated heterocycles. The average Bonchev–Trinajstić information content (AvgIpc) is 2.28. The molecule has 1 aromatic carbocycles. The van der Waals surface area contributed by atoms with Crippen LogP contribution in [0.4, 0.5) is 0 Å². The van der Waals surface area contributed by atoms with Gasteiger partial charge in [-0.2, -0.15) is 0 Å². The van der Waals surface area contributed by atoms with Crippen molar-refractivity contribution < 1.29 is 9.90 Å². The zero-order chi connectivity index (χ0) is 11.5. The second-order valence-corrected chi connectivity index (χ2v) is 4.14. The second kappa shape index (κ2) is 4.49. The molecule has 0 bridgehead atoms. The number of amides is 1. The van der Waals surface area contributed by atoms with E-state index in [-0.39, 0.29) is 5.92 Å². The van der Waals surface area contributed by atoms with E-state index in [1.165, 1.54) is 11.1 Å². The van der Waals surface area contributed by atoms with E-state index in [9.17, 15) is 9.90 Å². The van der Waals surface area contributed by atoms with Gasteiger partial charge in [-0.25, -0.2) is 0 Å². The predicted molar refractivity (Wildman–Crippen MR) is 61.7 cm³/mol. The number of carbonyl (C=O) groups is 1. The SMILES string of the molecule is C=C(NC=O)C1Cc2ccccc2CC1O. The van der Waals surface area contributed by atoms with Gasteiger partial charge in [-0.15, -0.1) is 0 Å². The topological polar surface area (TPSA) is 49.3 Å². The van der Waals surface area contributed by atoms with Crippen molar-refractivity contribution in [3.05, 3.63) is 47.7 Å². The minimum atomic E-state index is -0.463. The number of benzene rings is 1. The smallest absolute Gasteiger partial charge is 0.211 e. The van der Waals surface area contributed by atoms with Crippen LogP contribution in [0, 0.1) is 5.92 Å². The normalized spacial score (nSPS) is 23.3. The van der Waals surface area contributed by atoms with Crippen molar-refractivity contribution in [3.8, 4) is 0 Å². The molecule has 0 fully saturated rings. The fourth-order valence-corrected chi connectivity index (χ4v) is 2.23. The molecule has 0 heterocycles. The monoisotopic (exact) mass is 217 g/mol. The van der Waals surface area contributed by atoms with Crippen molar-refractivity contribution >= 4 is 6.41 Å². The largest absolute Gasteiger partial charge is 0.392 e. The lowest BCUT2D eigenvalue weighted by Gasteiger charge is -2.30. The Morgan fingerprint density at radius 1 is 1.38 bits per heavy atom. The molecule has 1 aliphatic rings. The van der Waals surface area contributed by atoms with Gasteiger partial charge in [-0.05, 0) is 24.0 Å². The first kappa shape index (κ1) is 10.9. The van der Waals surface area contributed by atoms with E-state index in [4.69, 9.17) is 0 Å². The second-order valence-electron chi connectivity index (χ2n) is 4.14. The molecule has 2 atom stereocenters. The van der Waals surface area contributed by atoms with Crippen LogP contribution in [0.3, 0.4) is 0 Å². The third kappa shape index (κ3) is 1.99. The summed E-state index contributed by atoms with van der Waals surface area (Å²) in [6, 6.07) is 8.06. The van der Waals surface area contributed by atoms with Gasteiger partial charge in [-0.1, -0.05) is 30.8 Å². The highest BCUT2D eigenvalue weighted by Crippen LogP contribution is 2.28. The first-order valence-corrected chi connectivity index (χ1v) is 5.36. The van der Waals surface area contributed by atoms with Crippen molar-refractivity contribution in [1.82, 2.24) is 5.32 Å². The van der Waals surface area contributed by atoms with Crippen LogP contribution in [0.15, 0.2) is 36.5 Å². The van der Waals surface area contributed by atoms with Crippen molar-refractivity contribution in [2.24, 2.45) is 5.92 Å². The molecule has 2 N–H and O–H groups in total. The summed E-state index contributed by atoms with van der Waals surface area (Å²) in [5.41, 5.74) is 3.01. The number of hydrogen-bond donors (Lipinski definition) is 2. The van der Waals surface area contributed by atoms with E-state index in [0.717, 1.165) is 6.42 Å². The Morgan fingerprint density at radius 2 is 2.00 bits per heavy atom. The van der Waals surface area contributed by atoms with Gasteiger partial charge in [0.25, 0.3) is 0 Å². The highest BCUT2D eigenvalue weighted by atomic mass is 16.3. The number of aliphatic hydroxyl groups excluding tert-OH is 1. The molecule has 16 heavy (non-hydrogen) atoms. The van der Waals surface area contributed by atoms with E-state index in [1.807, 2.05) is 18.2 Å². The van der Waals surface area contributed by atoms with Gasteiger partial charge in [0.2, 0.25) is 6.41 Å². The van der Waals surface area contributed by atoms with Crippen molar-refractivity contribution in [3.63, 3.8) is 0 Å². The molecule has 1 aliphatic carbocycles.